The first-order chi connectivity index (χ1) is 12.9. The second-order valence-corrected chi connectivity index (χ2v) is 6.20. The fourth-order valence-corrected chi connectivity index (χ4v) is 2.67. The maximum Gasteiger partial charge on any atom is 0.291 e. The summed E-state index contributed by atoms with van der Waals surface area (Å²) < 4.78 is 10.5. The van der Waals surface area contributed by atoms with Gasteiger partial charge in [0.1, 0.15) is 11.5 Å². The third-order valence-electron chi connectivity index (χ3n) is 3.67. The number of nitrogens with zero attached hydrogens (tertiary/aromatic N) is 1. The van der Waals surface area contributed by atoms with Gasteiger partial charge in [0.25, 0.3) is 11.6 Å². The number of nitrogens with one attached hydrogen (secondary N) is 1. The number of halogens is 2. The van der Waals surface area contributed by atoms with E-state index in [1.807, 2.05) is 0 Å². The predicted molar refractivity (Wildman–Crippen MR) is 102 cm³/mol. The van der Waals surface area contributed by atoms with Gasteiger partial charge in [-0.1, -0.05) is 23.2 Å². The van der Waals surface area contributed by atoms with E-state index in [1.165, 1.54) is 37.4 Å². The van der Waals surface area contributed by atoms with Crippen molar-refractivity contribution in [2.24, 2.45) is 0 Å². The van der Waals surface area contributed by atoms with Crippen molar-refractivity contribution in [3.05, 3.63) is 74.5 Å². The van der Waals surface area contributed by atoms with Gasteiger partial charge < -0.3 is 14.5 Å². The summed E-state index contributed by atoms with van der Waals surface area (Å²) in [5.74, 6) is -0.0183. The van der Waals surface area contributed by atoms with Crippen LogP contribution in [-0.4, -0.2) is 17.9 Å². The first-order valence-electron chi connectivity index (χ1n) is 7.58. The summed E-state index contributed by atoms with van der Waals surface area (Å²) in [6.45, 7) is 0. The number of nitro groups is 1. The zero-order valence-electron chi connectivity index (χ0n) is 13.9. The van der Waals surface area contributed by atoms with Gasteiger partial charge >= 0.3 is 0 Å². The maximum absolute atomic E-state index is 12.3. The first-order valence-corrected chi connectivity index (χ1v) is 8.33. The Morgan fingerprint density at radius 1 is 1.11 bits per heavy atom. The Labute approximate surface area is 163 Å². The van der Waals surface area contributed by atoms with Gasteiger partial charge in [0.05, 0.1) is 33.7 Å². The van der Waals surface area contributed by atoms with Gasteiger partial charge in [-0.2, -0.15) is 0 Å². The average Bonchev–Trinajstić information content (AvgIpc) is 3.14. The zero-order valence-corrected chi connectivity index (χ0v) is 15.4. The van der Waals surface area contributed by atoms with Crippen LogP contribution in [0.4, 0.5) is 11.4 Å². The van der Waals surface area contributed by atoms with Crippen LogP contribution in [0.3, 0.4) is 0 Å². The molecule has 7 nitrogen and oxygen atoms in total. The van der Waals surface area contributed by atoms with Gasteiger partial charge in [-0.05, 0) is 42.5 Å². The average molecular weight is 407 g/mol. The zero-order chi connectivity index (χ0) is 19.6. The molecule has 0 atom stereocenters. The van der Waals surface area contributed by atoms with Crippen molar-refractivity contribution >= 4 is 40.5 Å². The van der Waals surface area contributed by atoms with Crippen molar-refractivity contribution in [3.8, 4) is 17.1 Å². The van der Waals surface area contributed by atoms with E-state index in [0.29, 0.717) is 21.5 Å². The molecule has 1 amide bonds. The van der Waals surface area contributed by atoms with Crippen LogP contribution in [-0.2, 0) is 0 Å². The smallest absolute Gasteiger partial charge is 0.291 e. The number of hydrogen-bond acceptors (Lipinski definition) is 5. The molecule has 3 aromatic rings. The van der Waals surface area contributed by atoms with Crippen molar-refractivity contribution in [1.29, 1.82) is 0 Å². The van der Waals surface area contributed by atoms with Gasteiger partial charge in [0.2, 0.25) is 0 Å². The number of amides is 1. The summed E-state index contributed by atoms with van der Waals surface area (Å²) in [7, 11) is 1.41. The third-order valence-corrected chi connectivity index (χ3v) is 4.41. The SMILES string of the molecule is COc1ccc(-c2ccc(C(=O)Nc3ccc(Cl)c(Cl)c3)o2)c([N+](=O)[O-])c1. The van der Waals surface area contributed by atoms with E-state index in [2.05, 4.69) is 5.32 Å². The van der Waals surface area contributed by atoms with E-state index in [0.717, 1.165) is 0 Å². The minimum atomic E-state index is -0.546. The molecule has 0 radical (unpaired) electrons. The second kappa shape index (κ2) is 7.69. The normalized spacial score (nSPS) is 10.5. The molecular weight excluding hydrogens is 395 g/mol. The molecule has 0 saturated carbocycles. The quantitative estimate of drug-likeness (QED) is 0.450. The predicted octanol–water partition coefficient (Wildman–Crippen LogP) is 5.42. The lowest BCUT2D eigenvalue weighted by Gasteiger charge is -2.05. The molecule has 3 rings (SSSR count). The Balaban J connectivity index is 1.87. The molecule has 0 aliphatic carbocycles. The van der Waals surface area contributed by atoms with Gasteiger partial charge in [-0.25, -0.2) is 0 Å². The fourth-order valence-electron chi connectivity index (χ4n) is 2.37. The van der Waals surface area contributed by atoms with E-state index in [4.69, 9.17) is 32.4 Å². The van der Waals surface area contributed by atoms with Crippen LogP contribution in [0, 0.1) is 10.1 Å². The molecule has 0 saturated heterocycles. The minimum Gasteiger partial charge on any atom is -0.497 e. The highest BCUT2D eigenvalue weighted by atomic mass is 35.5. The lowest BCUT2D eigenvalue weighted by molar-refractivity contribution is -0.384. The van der Waals surface area contributed by atoms with Gasteiger partial charge in [0.15, 0.2) is 5.76 Å². The Morgan fingerprint density at radius 3 is 2.56 bits per heavy atom. The Morgan fingerprint density at radius 2 is 1.89 bits per heavy atom. The summed E-state index contributed by atoms with van der Waals surface area (Å²) >= 11 is 11.8. The molecule has 0 fully saturated rings. The van der Waals surface area contributed by atoms with Crippen LogP contribution in [0.25, 0.3) is 11.3 Å². The summed E-state index contributed by atoms with van der Waals surface area (Å²) in [6.07, 6.45) is 0. The maximum atomic E-state index is 12.3. The van der Waals surface area contributed by atoms with E-state index in [-0.39, 0.29) is 22.8 Å². The van der Waals surface area contributed by atoms with Crippen molar-refractivity contribution in [3.63, 3.8) is 0 Å². The summed E-state index contributed by atoms with van der Waals surface area (Å²) in [5.41, 5.74) is 0.470. The Hall–Kier alpha value is -3.03. The van der Waals surface area contributed by atoms with Gasteiger partial charge in [0, 0.05) is 5.69 Å². The van der Waals surface area contributed by atoms with E-state index < -0.39 is 10.8 Å². The number of rotatable bonds is 5. The largest absolute Gasteiger partial charge is 0.497 e. The summed E-state index contributed by atoms with van der Waals surface area (Å²) in [4.78, 5) is 23.1. The summed E-state index contributed by atoms with van der Waals surface area (Å²) in [5, 5.41) is 14.6. The molecule has 1 heterocycles. The van der Waals surface area contributed by atoms with Crippen LogP contribution in [0.15, 0.2) is 52.9 Å². The molecular formula is C18H12Cl2N2O5. The van der Waals surface area contributed by atoms with Crippen LogP contribution in [0.5, 0.6) is 5.75 Å². The van der Waals surface area contributed by atoms with Crippen molar-refractivity contribution in [1.82, 2.24) is 0 Å². The van der Waals surface area contributed by atoms with Crippen LogP contribution in [0.1, 0.15) is 10.6 Å². The van der Waals surface area contributed by atoms with Crippen molar-refractivity contribution in [2.45, 2.75) is 0 Å². The molecule has 138 valence electrons. The molecule has 0 spiro atoms. The second-order valence-electron chi connectivity index (χ2n) is 5.39. The highest BCUT2D eigenvalue weighted by Gasteiger charge is 2.21. The number of benzene rings is 2. The van der Waals surface area contributed by atoms with Crippen LogP contribution >= 0.6 is 23.2 Å². The number of nitro benzene ring substituents is 1. The minimum absolute atomic E-state index is 0.0128. The van der Waals surface area contributed by atoms with E-state index >= 15 is 0 Å². The Bertz CT molecular complexity index is 1030. The number of ether oxygens (including phenoxy) is 1. The first kappa shape index (κ1) is 18.8. The van der Waals surface area contributed by atoms with Gasteiger partial charge in [-0.15, -0.1) is 0 Å². The summed E-state index contributed by atoms with van der Waals surface area (Å²) in [6, 6.07) is 11.9. The van der Waals surface area contributed by atoms with Crippen LogP contribution < -0.4 is 10.1 Å². The van der Waals surface area contributed by atoms with Crippen molar-refractivity contribution < 1.29 is 18.9 Å². The van der Waals surface area contributed by atoms with E-state index in [9.17, 15) is 14.9 Å². The molecule has 0 bridgehead atoms. The number of furan rings is 1. The highest BCUT2D eigenvalue weighted by molar-refractivity contribution is 6.42. The Kier molecular flexibility index (Phi) is 5.34. The molecule has 0 unspecified atom stereocenters. The molecule has 1 N–H and O–H groups in total. The lowest BCUT2D eigenvalue weighted by Crippen LogP contribution is -2.10. The van der Waals surface area contributed by atoms with Crippen molar-refractivity contribution in [2.75, 3.05) is 12.4 Å². The molecule has 2 aromatic carbocycles. The van der Waals surface area contributed by atoms with Crippen LogP contribution in [0.2, 0.25) is 10.0 Å². The lowest BCUT2D eigenvalue weighted by atomic mass is 10.1. The number of carbonyl (C=O) groups excluding carboxylic acids is 1. The number of anilines is 1. The number of carbonyl (C=O) groups is 1. The molecule has 0 aliphatic heterocycles. The number of methoxy groups -OCH3 is 1. The molecule has 9 heteroatoms. The molecule has 27 heavy (non-hydrogen) atoms. The third kappa shape index (κ3) is 4.05. The highest BCUT2D eigenvalue weighted by Crippen LogP contribution is 2.34. The standard InChI is InChI=1S/C18H12Cl2N2O5/c1-26-11-3-4-12(15(9-11)22(24)25)16-6-7-17(27-16)18(23)21-10-2-5-13(19)14(20)8-10/h2-9H,1H3,(H,21,23). The molecule has 0 aliphatic rings. The van der Waals surface area contributed by atoms with E-state index in [1.54, 1.807) is 18.2 Å². The van der Waals surface area contributed by atoms with Gasteiger partial charge in [-0.3, -0.25) is 14.9 Å². The number of hydrogen-bond donors (Lipinski definition) is 1. The molecule has 1 aromatic heterocycles. The fraction of sp³-hybridized carbons (Fsp3) is 0.0556. The topological polar surface area (TPSA) is 94.6 Å². The monoisotopic (exact) mass is 406 g/mol.